The molecule has 184 valence electrons. The largest absolute Gasteiger partial charge is 0.493 e. The molecular weight excluding hydrogens is 460 g/mol. The second kappa shape index (κ2) is 11.4. The van der Waals surface area contributed by atoms with Crippen LogP contribution in [0.4, 0.5) is 5.69 Å². The van der Waals surface area contributed by atoms with E-state index in [1.807, 2.05) is 48.7 Å². The van der Waals surface area contributed by atoms with Crippen LogP contribution in [0, 0.1) is 6.92 Å². The molecule has 0 bridgehead atoms. The standard InChI is InChI=1S/C28H32N2O4S/c1-19-10-12-20(13-11-19)27(28(32)29-21-7-4-5-8-21)30(26(31)18-23-9-6-16-35-23)22-14-15-24(33-2)25(17-22)34-3/h6,9-17,21,27H,4-5,7-8,18H2,1-3H3,(H,29,32)/t27-/m1/s1. The highest BCUT2D eigenvalue weighted by molar-refractivity contribution is 7.10. The Hall–Kier alpha value is -3.32. The Morgan fingerprint density at radius 1 is 1.03 bits per heavy atom. The lowest BCUT2D eigenvalue weighted by molar-refractivity contribution is -0.127. The number of carbonyl (C=O) groups is 2. The van der Waals surface area contributed by atoms with Crippen LogP contribution in [-0.2, 0) is 16.0 Å². The summed E-state index contributed by atoms with van der Waals surface area (Å²) in [4.78, 5) is 30.2. The monoisotopic (exact) mass is 492 g/mol. The number of hydrogen-bond acceptors (Lipinski definition) is 5. The van der Waals surface area contributed by atoms with Crippen LogP contribution in [-0.4, -0.2) is 32.1 Å². The Morgan fingerprint density at radius 3 is 2.37 bits per heavy atom. The minimum absolute atomic E-state index is 0.134. The fourth-order valence-corrected chi connectivity index (χ4v) is 5.27. The van der Waals surface area contributed by atoms with Gasteiger partial charge in [-0.15, -0.1) is 11.3 Å². The molecule has 7 heteroatoms. The molecule has 1 heterocycles. The van der Waals surface area contributed by atoms with E-state index >= 15 is 0 Å². The summed E-state index contributed by atoms with van der Waals surface area (Å²) < 4.78 is 10.9. The molecule has 0 radical (unpaired) electrons. The van der Waals surface area contributed by atoms with Crippen LogP contribution in [0.3, 0.4) is 0 Å². The van der Waals surface area contributed by atoms with E-state index in [0.717, 1.165) is 41.7 Å². The number of amides is 2. The second-order valence-electron chi connectivity index (χ2n) is 8.86. The zero-order valence-electron chi connectivity index (χ0n) is 20.5. The zero-order chi connectivity index (χ0) is 24.8. The normalized spacial score (nSPS) is 14.4. The van der Waals surface area contributed by atoms with Crippen molar-refractivity contribution in [3.8, 4) is 11.5 Å². The zero-order valence-corrected chi connectivity index (χ0v) is 21.3. The molecular formula is C28H32N2O4S. The van der Waals surface area contributed by atoms with Gasteiger partial charge >= 0.3 is 0 Å². The fraction of sp³-hybridized carbons (Fsp3) is 0.357. The van der Waals surface area contributed by atoms with Crippen molar-refractivity contribution in [2.75, 3.05) is 19.1 Å². The molecule has 1 atom stereocenters. The number of carbonyl (C=O) groups excluding carboxylic acids is 2. The van der Waals surface area contributed by atoms with Crippen molar-refractivity contribution < 1.29 is 19.1 Å². The Labute approximate surface area is 210 Å². The summed E-state index contributed by atoms with van der Waals surface area (Å²) in [7, 11) is 3.13. The van der Waals surface area contributed by atoms with Crippen molar-refractivity contribution in [2.24, 2.45) is 0 Å². The summed E-state index contributed by atoms with van der Waals surface area (Å²) in [6, 6.07) is 16.3. The van der Waals surface area contributed by atoms with E-state index in [-0.39, 0.29) is 24.3 Å². The number of nitrogens with zero attached hydrogens (tertiary/aromatic N) is 1. The molecule has 6 nitrogen and oxygen atoms in total. The van der Waals surface area contributed by atoms with Gasteiger partial charge in [0.25, 0.3) is 0 Å². The third-order valence-electron chi connectivity index (χ3n) is 6.42. The van der Waals surface area contributed by atoms with Crippen LogP contribution >= 0.6 is 11.3 Å². The molecule has 4 rings (SSSR count). The number of aryl methyl sites for hydroxylation is 1. The molecule has 1 saturated carbocycles. The van der Waals surface area contributed by atoms with Gasteiger partial charge in [0.2, 0.25) is 11.8 Å². The van der Waals surface area contributed by atoms with Crippen LogP contribution in [0.1, 0.15) is 47.7 Å². The van der Waals surface area contributed by atoms with Crippen molar-refractivity contribution >= 4 is 28.8 Å². The smallest absolute Gasteiger partial charge is 0.248 e. The van der Waals surface area contributed by atoms with Gasteiger partial charge < -0.3 is 14.8 Å². The molecule has 0 saturated heterocycles. The highest BCUT2D eigenvalue weighted by Crippen LogP contribution is 2.36. The van der Waals surface area contributed by atoms with Crippen molar-refractivity contribution in [2.45, 2.75) is 51.1 Å². The van der Waals surface area contributed by atoms with Gasteiger partial charge in [-0.05, 0) is 48.9 Å². The number of hydrogen-bond donors (Lipinski definition) is 1. The number of thiophene rings is 1. The Bertz CT molecular complexity index is 1140. The molecule has 1 aromatic heterocycles. The number of nitrogens with one attached hydrogen (secondary N) is 1. The second-order valence-corrected chi connectivity index (χ2v) is 9.89. The Balaban J connectivity index is 1.80. The molecule has 1 fully saturated rings. The van der Waals surface area contributed by atoms with E-state index in [2.05, 4.69) is 5.32 Å². The predicted octanol–water partition coefficient (Wildman–Crippen LogP) is 5.45. The summed E-state index contributed by atoms with van der Waals surface area (Å²) in [6.07, 6.45) is 4.34. The van der Waals surface area contributed by atoms with Gasteiger partial charge in [0.15, 0.2) is 11.5 Å². The van der Waals surface area contributed by atoms with Crippen molar-refractivity contribution in [1.82, 2.24) is 5.32 Å². The molecule has 0 unspecified atom stereocenters. The third-order valence-corrected chi connectivity index (χ3v) is 7.30. The van der Waals surface area contributed by atoms with Gasteiger partial charge in [-0.1, -0.05) is 48.7 Å². The number of anilines is 1. The molecule has 2 aromatic carbocycles. The summed E-state index contributed by atoms with van der Waals surface area (Å²) >= 11 is 1.53. The maximum Gasteiger partial charge on any atom is 0.248 e. The number of benzene rings is 2. The van der Waals surface area contributed by atoms with E-state index in [0.29, 0.717) is 17.2 Å². The molecule has 0 aliphatic heterocycles. The van der Waals surface area contributed by atoms with Gasteiger partial charge in [-0.3, -0.25) is 14.5 Å². The van der Waals surface area contributed by atoms with Crippen LogP contribution in [0.15, 0.2) is 60.0 Å². The average molecular weight is 493 g/mol. The molecule has 1 N–H and O–H groups in total. The SMILES string of the molecule is COc1ccc(N(C(=O)Cc2cccs2)[C@@H](C(=O)NC2CCCC2)c2ccc(C)cc2)cc1OC. The van der Waals surface area contributed by atoms with Crippen molar-refractivity contribution in [3.63, 3.8) is 0 Å². The van der Waals surface area contributed by atoms with Crippen molar-refractivity contribution in [3.05, 3.63) is 76.0 Å². The van der Waals surface area contributed by atoms with E-state index in [9.17, 15) is 9.59 Å². The van der Waals surface area contributed by atoms with Gasteiger partial charge in [0.05, 0.1) is 20.6 Å². The Kier molecular flexibility index (Phi) is 8.08. The summed E-state index contributed by atoms with van der Waals surface area (Å²) in [6.45, 7) is 2.01. The van der Waals surface area contributed by atoms with Crippen LogP contribution < -0.4 is 19.7 Å². The lowest BCUT2D eigenvalue weighted by atomic mass is 10.0. The minimum atomic E-state index is -0.818. The lowest BCUT2D eigenvalue weighted by Gasteiger charge is -2.33. The minimum Gasteiger partial charge on any atom is -0.493 e. The first kappa shape index (κ1) is 24.8. The first-order valence-electron chi connectivity index (χ1n) is 11.9. The molecule has 1 aliphatic rings. The van der Waals surface area contributed by atoms with Crippen LogP contribution in [0.5, 0.6) is 11.5 Å². The number of ether oxygens (including phenoxy) is 2. The number of rotatable bonds is 9. The molecule has 0 spiro atoms. The molecule has 2 amide bonds. The quantitative estimate of drug-likeness (QED) is 0.431. The maximum absolute atomic E-state index is 13.9. The average Bonchev–Trinajstić information content (AvgIpc) is 3.57. The number of methoxy groups -OCH3 is 2. The first-order valence-corrected chi connectivity index (χ1v) is 12.8. The van der Waals surface area contributed by atoms with E-state index < -0.39 is 6.04 Å². The highest BCUT2D eigenvalue weighted by atomic mass is 32.1. The first-order chi connectivity index (χ1) is 17.0. The topological polar surface area (TPSA) is 67.9 Å². The van der Waals surface area contributed by atoms with E-state index in [1.54, 1.807) is 37.3 Å². The molecule has 35 heavy (non-hydrogen) atoms. The van der Waals surface area contributed by atoms with Crippen LogP contribution in [0.2, 0.25) is 0 Å². The van der Waals surface area contributed by atoms with E-state index in [1.165, 1.54) is 11.3 Å². The van der Waals surface area contributed by atoms with Gasteiger partial charge in [-0.2, -0.15) is 0 Å². The Morgan fingerprint density at radius 2 is 1.74 bits per heavy atom. The van der Waals surface area contributed by atoms with E-state index in [4.69, 9.17) is 9.47 Å². The fourth-order valence-electron chi connectivity index (χ4n) is 4.58. The van der Waals surface area contributed by atoms with Gasteiger partial charge in [-0.25, -0.2) is 0 Å². The third kappa shape index (κ3) is 5.85. The van der Waals surface area contributed by atoms with Gasteiger partial charge in [0, 0.05) is 22.7 Å². The highest BCUT2D eigenvalue weighted by Gasteiger charge is 2.34. The molecule has 3 aromatic rings. The summed E-state index contributed by atoms with van der Waals surface area (Å²) in [5, 5.41) is 5.17. The summed E-state index contributed by atoms with van der Waals surface area (Å²) in [5.41, 5.74) is 2.43. The molecule has 1 aliphatic carbocycles. The van der Waals surface area contributed by atoms with Gasteiger partial charge in [0.1, 0.15) is 6.04 Å². The maximum atomic E-state index is 13.9. The summed E-state index contributed by atoms with van der Waals surface area (Å²) in [5.74, 6) is 0.726. The van der Waals surface area contributed by atoms with Crippen molar-refractivity contribution in [1.29, 1.82) is 0 Å². The van der Waals surface area contributed by atoms with Crippen LogP contribution in [0.25, 0.3) is 0 Å². The lowest BCUT2D eigenvalue weighted by Crippen LogP contribution is -2.46. The predicted molar refractivity (Wildman–Crippen MR) is 139 cm³/mol.